The van der Waals surface area contributed by atoms with Gasteiger partial charge >= 0.3 is 0 Å². The van der Waals surface area contributed by atoms with Crippen molar-refractivity contribution in [2.24, 2.45) is 0 Å². The van der Waals surface area contributed by atoms with Crippen molar-refractivity contribution in [2.45, 2.75) is 13.1 Å². The van der Waals surface area contributed by atoms with Gasteiger partial charge in [0.25, 0.3) is 5.56 Å². The molecular weight excluding hydrogens is 366 g/mol. The van der Waals surface area contributed by atoms with Gasteiger partial charge in [0.15, 0.2) is 5.76 Å². The standard InChI is InChI=1S/C23H19N3O3/c27-22-14-13-20(21-12-7-15-29-21)24-26(22)17-23(28)25(19-10-5-2-6-11-19)16-18-8-3-1-4-9-18/h1-15H,16-17H2. The van der Waals surface area contributed by atoms with Gasteiger partial charge in [-0.25, -0.2) is 4.68 Å². The van der Waals surface area contributed by atoms with Crippen LogP contribution in [0.2, 0.25) is 0 Å². The zero-order valence-electron chi connectivity index (χ0n) is 15.6. The van der Waals surface area contributed by atoms with Gasteiger partial charge < -0.3 is 9.32 Å². The van der Waals surface area contributed by atoms with Gasteiger partial charge in [-0.1, -0.05) is 48.5 Å². The van der Waals surface area contributed by atoms with Crippen LogP contribution in [0.15, 0.2) is 100 Å². The van der Waals surface area contributed by atoms with E-state index in [4.69, 9.17) is 4.42 Å². The first kappa shape index (κ1) is 18.4. The lowest BCUT2D eigenvalue weighted by Gasteiger charge is -2.23. The monoisotopic (exact) mass is 385 g/mol. The zero-order valence-corrected chi connectivity index (χ0v) is 15.6. The molecule has 0 spiro atoms. The summed E-state index contributed by atoms with van der Waals surface area (Å²) in [6.45, 7) is 0.228. The summed E-state index contributed by atoms with van der Waals surface area (Å²) in [4.78, 5) is 27.1. The summed E-state index contributed by atoms with van der Waals surface area (Å²) >= 11 is 0. The molecule has 0 unspecified atom stereocenters. The van der Waals surface area contributed by atoms with Crippen molar-refractivity contribution in [3.8, 4) is 11.5 Å². The molecule has 0 bridgehead atoms. The van der Waals surface area contributed by atoms with Crippen LogP contribution in [0, 0.1) is 0 Å². The lowest BCUT2D eigenvalue weighted by Crippen LogP contribution is -2.37. The van der Waals surface area contributed by atoms with Gasteiger partial charge in [0.1, 0.15) is 12.2 Å². The van der Waals surface area contributed by atoms with Crippen molar-refractivity contribution < 1.29 is 9.21 Å². The Morgan fingerprint density at radius 3 is 2.31 bits per heavy atom. The molecule has 0 atom stereocenters. The second-order valence-electron chi connectivity index (χ2n) is 6.49. The Kier molecular flexibility index (Phi) is 5.33. The van der Waals surface area contributed by atoms with Gasteiger partial charge in [-0.05, 0) is 35.9 Å². The SMILES string of the molecule is O=C(Cn1nc(-c2ccco2)ccc1=O)N(Cc1ccccc1)c1ccccc1. The molecule has 0 saturated heterocycles. The molecule has 6 heteroatoms. The van der Waals surface area contributed by atoms with Crippen molar-refractivity contribution in [2.75, 3.05) is 4.90 Å². The summed E-state index contributed by atoms with van der Waals surface area (Å²) in [7, 11) is 0. The Morgan fingerprint density at radius 2 is 1.62 bits per heavy atom. The average Bonchev–Trinajstić information content (AvgIpc) is 3.30. The predicted molar refractivity (Wildman–Crippen MR) is 110 cm³/mol. The Bertz CT molecular complexity index is 1140. The Balaban J connectivity index is 1.63. The number of carbonyl (C=O) groups is 1. The number of amides is 1. The molecule has 4 aromatic rings. The van der Waals surface area contributed by atoms with E-state index in [0.717, 1.165) is 11.3 Å². The second-order valence-corrected chi connectivity index (χ2v) is 6.49. The lowest BCUT2D eigenvalue weighted by atomic mass is 10.2. The van der Waals surface area contributed by atoms with Gasteiger partial charge in [0.2, 0.25) is 5.91 Å². The summed E-state index contributed by atoms with van der Waals surface area (Å²) in [5, 5.41) is 4.30. The Labute approximate surface area is 167 Å². The highest BCUT2D eigenvalue weighted by atomic mass is 16.3. The maximum atomic E-state index is 13.2. The van der Waals surface area contributed by atoms with Crippen molar-refractivity contribution in [1.82, 2.24) is 9.78 Å². The molecule has 0 aliphatic carbocycles. The number of rotatable bonds is 6. The highest BCUT2D eigenvalue weighted by Crippen LogP contribution is 2.18. The summed E-state index contributed by atoms with van der Waals surface area (Å²) in [6, 6.07) is 25.6. The molecule has 2 aromatic carbocycles. The molecule has 0 fully saturated rings. The van der Waals surface area contributed by atoms with Crippen LogP contribution in [0.3, 0.4) is 0 Å². The van der Waals surface area contributed by atoms with Crippen LogP contribution >= 0.6 is 0 Å². The van der Waals surface area contributed by atoms with E-state index in [9.17, 15) is 9.59 Å². The van der Waals surface area contributed by atoms with Gasteiger partial charge in [-0.2, -0.15) is 5.10 Å². The van der Waals surface area contributed by atoms with Crippen molar-refractivity contribution in [3.05, 3.63) is 107 Å². The number of anilines is 1. The third-order valence-electron chi connectivity index (χ3n) is 4.48. The highest BCUT2D eigenvalue weighted by molar-refractivity contribution is 5.93. The first-order chi connectivity index (χ1) is 14.2. The topological polar surface area (TPSA) is 68.3 Å². The van der Waals surface area contributed by atoms with E-state index in [1.807, 2.05) is 60.7 Å². The minimum Gasteiger partial charge on any atom is -0.463 e. The third-order valence-corrected chi connectivity index (χ3v) is 4.48. The van der Waals surface area contributed by atoms with Crippen molar-refractivity contribution in [3.63, 3.8) is 0 Å². The van der Waals surface area contributed by atoms with Gasteiger partial charge in [0, 0.05) is 11.8 Å². The first-order valence-corrected chi connectivity index (χ1v) is 9.22. The van der Waals surface area contributed by atoms with Crippen LogP contribution in [0.25, 0.3) is 11.5 Å². The molecule has 0 saturated carbocycles. The minimum absolute atomic E-state index is 0.172. The smallest absolute Gasteiger partial charge is 0.267 e. The minimum atomic E-state index is -0.346. The van der Waals surface area contributed by atoms with Gasteiger partial charge in [-0.3, -0.25) is 9.59 Å². The van der Waals surface area contributed by atoms with E-state index in [0.29, 0.717) is 18.0 Å². The number of furan rings is 1. The predicted octanol–water partition coefficient (Wildman–Crippen LogP) is 3.74. The summed E-state index contributed by atoms with van der Waals surface area (Å²) in [5.74, 6) is 0.307. The van der Waals surface area contributed by atoms with E-state index >= 15 is 0 Å². The van der Waals surface area contributed by atoms with Crippen molar-refractivity contribution in [1.29, 1.82) is 0 Å². The Hall–Kier alpha value is -3.93. The average molecular weight is 385 g/mol. The van der Waals surface area contributed by atoms with Crippen LogP contribution in [-0.2, 0) is 17.9 Å². The van der Waals surface area contributed by atoms with E-state index < -0.39 is 0 Å². The van der Waals surface area contributed by atoms with E-state index in [-0.39, 0.29) is 18.0 Å². The molecule has 2 aromatic heterocycles. The van der Waals surface area contributed by atoms with E-state index in [1.54, 1.807) is 23.1 Å². The molecule has 4 rings (SSSR count). The number of para-hydroxylation sites is 1. The van der Waals surface area contributed by atoms with Crippen LogP contribution in [0.5, 0.6) is 0 Å². The fourth-order valence-electron chi connectivity index (χ4n) is 3.03. The fraction of sp³-hybridized carbons (Fsp3) is 0.0870. The number of nitrogens with zero attached hydrogens (tertiary/aromatic N) is 3. The summed E-state index contributed by atoms with van der Waals surface area (Å²) in [6.07, 6.45) is 1.54. The molecule has 144 valence electrons. The van der Waals surface area contributed by atoms with Crippen molar-refractivity contribution >= 4 is 11.6 Å². The highest BCUT2D eigenvalue weighted by Gasteiger charge is 2.18. The zero-order chi connectivity index (χ0) is 20.1. The van der Waals surface area contributed by atoms with Gasteiger partial charge in [0.05, 0.1) is 12.8 Å². The third kappa shape index (κ3) is 4.32. The number of aromatic nitrogens is 2. The molecule has 0 radical (unpaired) electrons. The molecule has 6 nitrogen and oxygen atoms in total. The largest absolute Gasteiger partial charge is 0.463 e. The quantitative estimate of drug-likeness (QED) is 0.507. The maximum absolute atomic E-state index is 13.2. The van der Waals surface area contributed by atoms with Crippen LogP contribution < -0.4 is 10.5 Å². The number of hydrogen-bond acceptors (Lipinski definition) is 4. The molecule has 0 aliphatic heterocycles. The van der Waals surface area contributed by atoms with Crippen LogP contribution in [-0.4, -0.2) is 15.7 Å². The van der Waals surface area contributed by atoms with Crippen LogP contribution in [0.4, 0.5) is 5.69 Å². The summed E-state index contributed by atoms with van der Waals surface area (Å²) in [5.41, 5.74) is 1.91. The number of carbonyl (C=O) groups excluding carboxylic acids is 1. The molecule has 0 aliphatic rings. The molecule has 2 heterocycles. The molecule has 1 amide bonds. The first-order valence-electron chi connectivity index (χ1n) is 9.22. The van der Waals surface area contributed by atoms with Gasteiger partial charge in [-0.15, -0.1) is 0 Å². The fourth-order valence-corrected chi connectivity index (χ4v) is 3.03. The van der Waals surface area contributed by atoms with E-state index in [1.165, 1.54) is 17.0 Å². The lowest BCUT2D eigenvalue weighted by molar-refractivity contribution is -0.119. The van der Waals surface area contributed by atoms with Crippen LogP contribution in [0.1, 0.15) is 5.56 Å². The maximum Gasteiger partial charge on any atom is 0.267 e. The van der Waals surface area contributed by atoms with E-state index in [2.05, 4.69) is 5.10 Å². The molecule has 29 heavy (non-hydrogen) atoms. The number of benzene rings is 2. The molecular formula is C23H19N3O3. The molecule has 0 N–H and O–H groups in total. The Morgan fingerprint density at radius 1 is 0.897 bits per heavy atom. The second kappa shape index (κ2) is 8.39. The number of hydrogen-bond donors (Lipinski definition) is 0. The normalized spacial score (nSPS) is 10.6. The summed E-state index contributed by atoms with van der Waals surface area (Å²) < 4.78 is 6.51.